The summed E-state index contributed by atoms with van der Waals surface area (Å²) >= 11 is 7.54. The van der Waals surface area contributed by atoms with Crippen LogP contribution in [0.1, 0.15) is 6.42 Å². The first kappa shape index (κ1) is 18.4. The number of carbonyl (C=O) groups excluding carboxylic acids is 1. The van der Waals surface area contributed by atoms with Gasteiger partial charge in [-0.25, -0.2) is 4.79 Å². The van der Waals surface area contributed by atoms with Crippen LogP contribution in [0.5, 0.6) is 0 Å². The third-order valence-corrected chi connectivity index (χ3v) is 5.06. The summed E-state index contributed by atoms with van der Waals surface area (Å²) in [6.07, 6.45) is 0.981. The molecule has 0 radical (unpaired) electrons. The molecule has 5 nitrogen and oxygen atoms in total. The van der Waals surface area contributed by atoms with Gasteiger partial charge in [0.1, 0.15) is 0 Å². The molecule has 1 fully saturated rings. The molecule has 1 aromatic carbocycles. The Morgan fingerprint density at radius 3 is 2.78 bits per heavy atom. The Labute approximate surface area is 147 Å². The first-order valence-corrected chi connectivity index (χ1v) is 9.18. The van der Waals surface area contributed by atoms with E-state index in [1.165, 1.54) is 0 Å². The lowest BCUT2D eigenvalue weighted by Gasteiger charge is -2.24. The van der Waals surface area contributed by atoms with Crippen molar-refractivity contribution in [1.82, 2.24) is 15.1 Å². The van der Waals surface area contributed by atoms with Gasteiger partial charge in [-0.3, -0.25) is 0 Å². The SMILES string of the molecule is CN1CC[C@@H](NC(=O)N(CCO)CCSc2ccc(Cl)cc2)C1. The van der Waals surface area contributed by atoms with Gasteiger partial charge in [-0.05, 0) is 44.3 Å². The molecule has 2 N–H and O–H groups in total. The van der Waals surface area contributed by atoms with Crippen molar-refractivity contribution in [2.75, 3.05) is 45.6 Å². The average Bonchev–Trinajstić information content (AvgIpc) is 2.93. The molecule has 2 amide bonds. The Balaban J connectivity index is 1.78. The zero-order chi connectivity index (χ0) is 16.7. The van der Waals surface area contributed by atoms with Gasteiger partial charge in [-0.2, -0.15) is 0 Å². The number of benzene rings is 1. The summed E-state index contributed by atoms with van der Waals surface area (Å²) in [5.74, 6) is 0.777. The molecule has 128 valence electrons. The van der Waals surface area contributed by atoms with E-state index >= 15 is 0 Å². The van der Waals surface area contributed by atoms with Crippen molar-refractivity contribution in [3.05, 3.63) is 29.3 Å². The Bertz CT molecular complexity index is 501. The second kappa shape index (κ2) is 9.37. The Morgan fingerprint density at radius 2 is 2.17 bits per heavy atom. The molecule has 0 unspecified atom stereocenters. The number of carbonyl (C=O) groups is 1. The highest BCUT2D eigenvalue weighted by Crippen LogP contribution is 2.20. The lowest BCUT2D eigenvalue weighted by atomic mass is 10.3. The highest BCUT2D eigenvalue weighted by Gasteiger charge is 2.23. The van der Waals surface area contributed by atoms with Gasteiger partial charge in [0.05, 0.1) is 6.61 Å². The van der Waals surface area contributed by atoms with Crippen molar-refractivity contribution in [3.8, 4) is 0 Å². The minimum atomic E-state index is -0.0870. The number of likely N-dealkylation sites (tertiary alicyclic amines) is 1. The normalized spacial score (nSPS) is 18.1. The molecular weight excluding hydrogens is 334 g/mol. The van der Waals surface area contributed by atoms with Crippen LogP contribution in [0.4, 0.5) is 4.79 Å². The van der Waals surface area contributed by atoms with Gasteiger partial charge in [0.2, 0.25) is 0 Å². The summed E-state index contributed by atoms with van der Waals surface area (Å²) in [5, 5.41) is 13.0. The van der Waals surface area contributed by atoms with Crippen LogP contribution in [0.2, 0.25) is 5.02 Å². The number of urea groups is 1. The quantitative estimate of drug-likeness (QED) is 0.734. The second-order valence-electron chi connectivity index (χ2n) is 5.71. The standard InChI is InChI=1S/C16H24ClN3O2S/c1-19-7-6-14(12-19)18-16(22)20(8-10-21)9-11-23-15-4-2-13(17)3-5-15/h2-5,14,21H,6-12H2,1H3,(H,18,22)/t14-/m1/s1. The number of amides is 2. The van der Waals surface area contributed by atoms with E-state index in [1.807, 2.05) is 24.3 Å². The number of aliphatic hydroxyl groups excluding tert-OH is 1. The molecular formula is C16H24ClN3O2S. The molecule has 23 heavy (non-hydrogen) atoms. The van der Waals surface area contributed by atoms with Gasteiger partial charge in [-0.1, -0.05) is 11.6 Å². The van der Waals surface area contributed by atoms with E-state index in [0.29, 0.717) is 13.1 Å². The summed E-state index contributed by atoms with van der Waals surface area (Å²) in [4.78, 5) is 17.4. The summed E-state index contributed by atoms with van der Waals surface area (Å²) in [6, 6.07) is 7.78. The maximum atomic E-state index is 12.3. The summed E-state index contributed by atoms with van der Waals surface area (Å²) < 4.78 is 0. The van der Waals surface area contributed by atoms with E-state index in [2.05, 4.69) is 17.3 Å². The number of likely N-dealkylation sites (N-methyl/N-ethyl adjacent to an activating group) is 1. The van der Waals surface area contributed by atoms with Crippen molar-refractivity contribution in [2.24, 2.45) is 0 Å². The predicted molar refractivity (Wildman–Crippen MR) is 95.3 cm³/mol. The van der Waals surface area contributed by atoms with E-state index in [0.717, 1.165) is 35.2 Å². The minimum Gasteiger partial charge on any atom is -0.395 e. The van der Waals surface area contributed by atoms with Gasteiger partial charge in [-0.15, -0.1) is 11.8 Å². The van der Waals surface area contributed by atoms with Crippen LogP contribution < -0.4 is 5.32 Å². The van der Waals surface area contributed by atoms with E-state index < -0.39 is 0 Å². The monoisotopic (exact) mass is 357 g/mol. The third kappa shape index (κ3) is 6.22. The lowest BCUT2D eigenvalue weighted by Crippen LogP contribution is -2.47. The van der Waals surface area contributed by atoms with Gasteiger partial charge < -0.3 is 20.2 Å². The molecule has 2 rings (SSSR count). The van der Waals surface area contributed by atoms with Crippen LogP contribution in [0, 0.1) is 0 Å². The largest absolute Gasteiger partial charge is 0.395 e. The van der Waals surface area contributed by atoms with Crippen LogP contribution >= 0.6 is 23.4 Å². The van der Waals surface area contributed by atoms with Crippen LogP contribution in [0.3, 0.4) is 0 Å². The molecule has 1 saturated heterocycles. The van der Waals surface area contributed by atoms with Crippen molar-refractivity contribution in [1.29, 1.82) is 0 Å². The Kier molecular flexibility index (Phi) is 7.49. The van der Waals surface area contributed by atoms with Crippen LogP contribution in [0.15, 0.2) is 29.2 Å². The van der Waals surface area contributed by atoms with Crippen molar-refractivity contribution >= 4 is 29.4 Å². The highest BCUT2D eigenvalue weighted by atomic mass is 35.5. The molecule has 0 saturated carbocycles. The zero-order valence-electron chi connectivity index (χ0n) is 13.4. The number of halogens is 1. The fraction of sp³-hybridized carbons (Fsp3) is 0.562. The Morgan fingerprint density at radius 1 is 1.43 bits per heavy atom. The van der Waals surface area contributed by atoms with Crippen LogP contribution in [-0.2, 0) is 0 Å². The smallest absolute Gasteiger partial charge is 0.317 e. The first-order chi connectivity index (χ1) is 11.1. The fourth-order valence-corrected chi connectivity index (χ4v) is 3.56. The molecule has 0 spiro atoms. The molecule has 1 heterocycles. The summed E-state index contributed by atoms with van der Waals surface area (Å²) in [5.41, 5.74) is 0. The number of thioether (sulfide) groups is 1. The number of hydrogen-bond acceptors (Lipinski definition) is 4. The average molecular weight is 358 g/mol. The number of rotatable bonds is 7. The second-order valence-corrected chi connectivity index (χ2v) is 7.32. The van der Waals surface area contributed by atoms with E-state index in [9.17, 15) is 9.90 Å². The van der Waals surface area contributed by atoms with Gasteiger partial charge in [0.25, 0.3) is 0 Å². The molecule has 1 atom stereocenters. The molecule has 7 heteroatoms. The number of aliphatic hydroxyl groups is 1. The summed E-state index contributed by atoms with van der Waals surface area (Å²) in [7, 11) is 2.06. The number of nitrogens with one attached hydrogen (secondary N) is 1. The fourth-order valence-electron chi connectivity index (χ4n) is 2.56. The topological polar surface area (TPSA) is 55.8 Å². The van der Waals surface area contributed by atoms with E-state index in [-0.39, 0.29) is 18.7 Å². The molecule has 1 aromatic rings. The maximum Gasteiger partial charge on any atom is 0.317 e. The zero-order valence-corrected chi connectivity index (χ0v) is 14.9. The molecule has 0 aromatic heterocycles. The van der Waals surface area contributed by atoms with Crippen molar-refractivity contribution < 1.29 is 9.90 Å². The first-order valence-electron chi connectivity index (χ1n) is 7.81. The van der Waals surface area contributed by atoms with E-state index in [1.54, 1.807) is 16.7 Å². The minimum absolute atomic E-state index is 0.0242. The molecule has 0 aliphatic carbocycles. The molecule has 1 aliphatic rings. The highest BCUT2D eigenvalue weighted by molar-refractivity contribution is 7.99. The Hall–Kier alpha value is -0.950. The van der Waals surface area contributed by atoms with Crippen molar-refractivity contribution in [2.45, 2.75) is 17.4 Å². The van der Waals surface area contributed by atoms with Crippen LogP contribution in [0.25, 0.3) is 0 Å². The van der Waals surface area contributed by atoms with Crippen molar-refractivity contribution in [3.63, 3.8) is 0 Å². The predicted octanol–water partition coefficient (Wildman–Crippen LogP) is 2.14. The van der Waals surface area contributed by atoms with Gasteiger partial charge in [0, 0.05) is 41.3 Å². The molecule has 0 bridgehead atoms. The van der Waals surface area contributed by atoms with Gasteiger partial charge >= 0.3 is 6.03 Å². The maximum absolute atomic E-state index is 12.3. The van der Waals surface area contributed by atoms with Gasteiger partial charge in [0.15, 0.2) is 0 Å². The number of hydrogen-bond donors (Lipinski definition) is 2. The number of nitrogens with zero attached hydrogens (tertiary/aromatic N) is 2. The van der Waals surface area contributed by atoms with E-state index in [4.69, 9.17) is 11.6 Å². The lowest BCUT2D eigenvalue weighted by molar-refractivity contribution is 0.178. The summed E-state index contributed by atoms with van der Waals surface area (Å²) in [6.45, 7) is 2.83. The molecule has 1 aliphatic heterocycles. The third-order valence-electron chi connectivity index (χ3n) is 3.82. The van der Waals surface area contributed by atoms with Crippen LogP contribution in [-0.4, -0.2) is 72.6 Å².